The van der Waals surface area contributed by atoms with Crippen LogP contribution in [0, 0.1) is 5.82 Å². The van der Waals surface area contributed by atoms with Gasteiger partial charge in [-0.25, -0.2) is 4.39 Å². The molecule has 0 spiro atoms. The van der Waals surface area contributed by atoms with Crippen molar-refractivity contribution in [3.05, 3.63) is 59.9 Å². The number of hydrogen-bond donors (Lipinski definition) is 2. The minimum Gasteiger partial charge on any atom is -0.392 e. The Kier molecular flexibility index (Phi) is 2.61. The lowest BCUT2D eigenvalue weighted by molar-refractivity contribution is 0.284. The molecular formula is C15H12FNO. The summed E-state index contributed by atoms with van der Waals surface area (Å²) < 4.78 is 12.9. The van der Waals surface area contributed by atoms with Crippen molar-refractivity contribution in [1.29, 1.82) is 0 Å². The first-order chi connectivity index (χ1) is 8.79. The number of halogens is 1. The van der Waals surface area contributed by atoms with Crippen molar-refractivity contribution in [3.8, 4) is 11.3 Å². The molecule has 0 aliphatic rings. The third-order valence-corrected chi connectivity index (χ3v) is 3.10. The first-order valence-electron chi connectivity index (χ1n) is 5.76. The van der Waals surface area contributed by atoms with Gasteiger partial charge in [-0.05, 0) is 35.9 Å². The van der Waals surface area contributed by atoms with Crippen LogP contribution in [0.15, 0.2) is 48.5 Å². The SMILES string of the molecule is OCc1c(-c2ccc(F)cc2)[nH]c2ccccc12. The van der Waals surface area contributed by atoms with Crippen molar-refractivity contribution in [2.24, 2.45) is 0 Å². The molecule has 0 atom stereocenters. The van der Waals surface area contributed by atoms with E-state index in [1.807, 2.05) is 24.3 Å². The van der Waals surface area contributed by atoms with Crippen LogP contribution in [-0.4, -0.2) is 10.1 Å². The highest BCUT2D eigenvalue weighted by atomic mass is 19.1. The number of aliphatic hydroxyl groups excluding tert-OH is 1. The van der Waals surface area contributed by atoms with Crippen molar-refractivity contribution < 1.29 is 9.50 Å². The molecule has 0 aliphatic carbocycles. The summed E-state index contributed by atoms with van der Waals surface area (Å²) in [7, 11) is 0. The van der Waals surface area contributed by atoms with Crippen LogP contribution in [0.4, 0.5) is 4.39 Å². The van der Waals surface area contributed by atoms with E-state index < -0.39 is 0 Å². The largest absolute Gasteiger partial charge is 0.392 e. The summed E-state index contributed by atoms with van der Waals surface area (Å²) in [6.07, 6.45) is 0. The maximum absolute atomic E-state index is 12.9. The topological polar surface area (TPSA) is 36.0 Å². The van der Waals surface area contributed by atoms with Crippen molar-refractivity contribution in [2.75, 3.05) is 0 Å². The van der Waals surface area contributed by atoms with E-state index in [1.165, 1.54) is 12.1 Å². The monoisotopic (exact) mass is 241 g/mol. The highest BCUT2D eigenvalue weighted by Gasteiger charge is 2.11. The molecule has 0 bridgehead atoms. The molecule has 18 heavy (non-hydrogen) atoms. The Morgan fingerprint density at radius 1 is 1.00 bits per heavy atom. The molecule has 0 aliphatic heterocycles. The first-order valence-corrected chi connectivity index (χ1v) is 5.76. The quantitative estimate of drug-likeness (QED) is 0.708. The van der Waals surface area contributed by atoms with Crippen LogP contribution in [0.5, 0.6) is 0 Å². The molecule has 90 valence electrons. The minimum absolute atomic E-state index is 0.0449. The molecule has 3 heteroatoms. The average molecular weight is 241 g/mol. The smallest absolute Gasteiger partial charge is 0.123 e. The van der Waals surface area contributed by atoms with Crippen molar-refractivity contribution in [1.82, 2.24) is 4.98 Å². The summed E-state index contributed by atoms with van der Waals surface area (Å²) in [6, 6.07) is 14.0. The van der Waals surface area contributed by atoms with Crippen LogP contribution in [0.25, 0.3) is 22.2 Å². The number of hydrogen-bond acceptors (Lipinski definition) is 1. The summed E-state index contributed by atoms with van der Waals surface area (Å²) in [6.45, 7) is -0.0449. The van der Waals surface area contributed by atoms with E-state index in [2.05, 4.69) is 4.98 Å². The van der Waals surface area contributed by atoms with Crippen molar-refractivity contribution >= 4 is 10.9 Å². The first kappa shape index (κ1) is 11.0. The second-order valence-electron chi connectivity index (χ2n) is 4.19. The molecule has 1 heterocycles. The van der Waals surface area contributed by atoms with E-state index in [0.717, 1.165) is 27.7 Å². The molecule has 0 unspecified atom stereocenters. The second kappa shape index (κ2) is 4.27. The lowest BCUT2D eigenvalue weighted by Gasteiger charge is -2.02. The molecule has 0 saturated carbocycles. The third-order valence-electron chi connectivity index (χ3n) is 3.10. The molecule has 2 aromatic carbocycles. The zero-order valence-electron chi connectivity index (χ0n) is 9.65. The molecule has 2 N–H and O–H groups in total. The number of aliphatic hydroxyl groups is 1. The van der Waals surface area contributed by atoms with Gasteiger partial charge in [-0.3, -0.25) is 0 Å². The number of nitrogens with one attached hydrogen (secondary N) is 1. The maximum atomic E-state index is 12.9. The van der Waals surface area contributed by atoms with E-state index in [-0.39, 0.29) is 12.4 Å². The average Bonchev–Trinajstić information content (AvgIpc) is 2.78. The van der Waals surface area contributed by atoms with Crippen molar-refractivity contribution in [3.63, 3.8) is 0 Å². The second-order valence-corrected chi connectivity index (χ2v) is 4.19. The fourth-order valence-corrected chi connectivity index (χ4v) is 2.23. The zero-order valence-corrected chi connectivity index (χ0v) is 9.65. The van der Waals surface area contributed by atoms with Gasteiger partial charge in [-0.1, -0.05) is 18.2 Å². The Labute approximate surface area is 104 Å². The summed E-state index contributed by atoms with van der Waals surface area (Å²) in [4.78, 5) is 3.27. The fourth-order valence-electron chi connectivity index (χ4n) is 2.23. The fraction of sp³-hybridized carbons (Fsp3) is 0.0667. The van der Waals surface area contributed by atoms with Crippen LogP contribution in [0.2, 0.25) is 0 Å². The molecule has 0 radical (unpaired) electrons. The predicted octanol–water partition coefficient (Wildman–Crippen LogP) is 3.47. The van der Waals surface area contributed by atoms with Gasteiger partial charge < -0.3 is 10.1 Å². The van der Waals surface area contributed by atoms with Gasteiger partial charge in [0.1, 0.15) is 5.82 Å². The third kappa shape index (κ3) is 1.69. The van der Waals surface area contributed by atoms with Crippen molar-refractivity contribution in [2.45, 2.75) is 6.61 Å². The number of para-hydroxylation sites is 1. The van der Waals surface area contributed by atoms with E-state index in [1.54, 1.807) is 12.1 Å². The Morgan fingerprint density at radius 2 is 1.72 bits per heavy atom. The van der Waals surface area contributed by atoms with Gasteiger partial charge in [-0.15, -0.1) is 0 Å². The predicted molar refractivity (Wildman–Crippen MR) is 69.6 cm³/mol. The Morgan fingerprint density at radius 3 is 2.44 bits per heavy atom. The van der Waals surface area contributed by atoms with Gasteiger partial charge >= 0.3 is 0 Å². The number of aromatic amines is 1. The normalized spacial score (nSPS) is 11.0. The van der Waals surface area contributed by atoms with E-state index >= 15 is 0 Å². The molecule has 1 aromatic heterocycles. The van der Waals surface area contributed by atoms with Gasteiger partial charge in [0.15, 0.2) is 0 Å². The van der Waals surface area contributed by atoms with Crippen LogP contribution >= 0.6 is 0 Å². The number of fused-ring (bicyclic) bond motifs is 1. The number of H-pyrrole nitrogens is 1. The lowest BCUT2D eigenvalue weighted by atomic mass is 10.1. The number of rotatable bonds is 2. The minimum atomic E-state index is -0.264. The number of benzene rings is 2. The Balaban J connectivity index is 2.25. The zero-order chi connectivity index (χ0) is 12.5. The van der Waals surface area contributed by atoms with Crippen LogP contribution < -0.4 is 0 Å². The van der Waals surface area contributed by atoms with Crippen LogP contribution in [0.1, 0.15) is 5.56 Å². The van der Waals surface area contributed by atoms with Crippen LogP contribution in [0.3, 0.4) is 0 Å². The van der Waals surface area contributed by atoms with Gasteiger partial charge in [0.05, 0.1) is 12.3 Å². The van der Waals surface area contributed by atoms with Gasteiger partial charge in [0.25, 0.3) is 0 Å². The summed E-state index contributed by atoms with van der Waals surface area (Å²) >= 11 is 0. The molecule has 3 aromatic rings. The van der Waals surface area contributed by atoms with E-state index in [4.69, 9.17) is 0 Å². The molecule has 0 fully saturated rings. The molecule has 0 amide bonds. The molecule has 2 nitrogen and oxygen atoms in total. The highest BCUT2D eigenvalue weighted by molar-refractivity contribution is 5.90. The van der Waals surface area contributed by atoms with Gasteiger partial charge in [-0.2, -0.15) is 0 Å². The van der Waals surface area contributed by atoms with E-state index in [0.29, 0.717) is 0 Å². The van der Waals surface area contributed by atoms with E-state index in [9.17, 15) is 9.50 Å². The van der Waals surface area contributed by atoms with Gasteiger partial charge in [0, 0.05) is 16.5 Å². The number of aromatic nitrogens is 1. The molecular weight excluding hydrogens is 229 g/mol. The Bertz CT molecular complexity index is 685. The maximum Gasteiger partial charge on any atom is 0.123 e. The van der Waals surface area contributed by atoms with Crippen LogP contribution in [-0.2, 0) is 6.61 Å². The Hall–Kier alpha value is -2.13. The lowest BCUT2D eigenvalue weighted by Crippen LogP contribution is -1.86. The summed E-state index contributed by atoms with van der Waals surface area (Å²) in [5.74, 6) is -0.264. The molecule has 3 rings (SSSR count). The van der Waals surface area contributed by atoms with Gasteiger partial charge in [0.2, 0.25) is 0 Å². The highest BCUT2D eigenvalue weighted by Crippen LogP contribution is 2.30. The summed E-state index contributed by atoms with van der Waals surface area (Å²) in [5, 5.41) is 10.5. The molecule has 0 saturated heterocycles. The summed E-state index contributed by atoms with van der Waals surface area (Å²) in [5.41, 5.74) is 3.54. The standard InChI is InChI=1S/C15H12FNO/c16-11-7-5-10(6-8-11)15-13(9-18)12-3-1-2-4-14(12)17-15/h1-8,17-18H,9H2.